The average molecular weight is 298 g/mol. The molecule has 0 aliphatic carbocycles. The number of amides is 1. The number of nitro groups is 1. The SMILES string of the molecule is Cc1nc([N+](=O)[O-])cn1CC(=O)N1CCOCC1C(=O)O. The molecule has 114 valence electrons. The summed E-state index contributed by atoms with van der Waals surface area (Å²) >= 11 is 0. The Labute approximate surface area is 119 Å². The quantitative estimate of drug-likeness (QED) is 0.581. The van der Waals surface area contributed by atoms with Gasteiger partial charge in [-0.25, -0.2) is 4.79 Å². The van der Waals surface area contributed by atoms with Gasteiger partial charge in [0.2, 0.25) is 11.7 Å². The molecule has 1 saturated heterocycles. The van der Waals surface area contributed by atoms with Crippen LogP contribution in [0.1, 0.15) is 5.82 Å². The number of carbonyl (C=O) groups excluding carboxylic acids is 1. The Balaban J connectivity index is 2.13. The van der Waals surface area contributed by atoms with Gasteiger partial charge in [0.15, 0.2) is 6.04 Å². The molecular formula is C11H14N4O6. The Hall–Kier alpha value is -2.49. The smallest absolute Gasteiger partial charge is 0.381 e. The molecule has 1 fully saturated rings. The van der Waals surface area contributed by atoms with Gasteiger partial charge in [-0.3, -0.25) is 9.36 Å². The Morgan fingerprint density at radius 3 is 2.90 bits per heavy atom. The number of ether oxygens (including phenoxy) is 1. The van der Waals surface area contributed by atoms with Crippen molar-refractivity contribution in [3.63, 3.8) is 0 Å². The van der Waals surface area contributed by atoms with E-state index in [2.05, 4.69) is 4.98 Å². The van der Waals surface area contributed by atoms with Gasteiger partial charge in [-0.05, 0) is 9.91 Å². The number of carboxylic acid groups (broad SMARTS) is 1. The van der Waals surface area contributed by atoms with Gasteiger partial charge in [-0.2, -0.15) is 0 Å². The lowest BCUT2D eigenvalue weighted by molar-refractivity contribution is -0.389. The first-order valence-corrected chi connectivity index (χ1v) is 6.18. The maximum atomic E-state index is 12.2. The zero-order valence-electron chi connectivity index (χ0n) is 11.3. The lowest BCUT2D eigenvalue weighted by Crippen LogP contribution is -2.53. The van der Waals surface area contributed by atoms with E-state index in [1.54, 1.807) is 0 Å². The molecule has 2 rings (SSSR count). The van der Waals surface area contributed by atoms with Crippen molar-refractivity contribution < 1.29 is 24.4 Å². The van der Waals surface area contributed by atoms with Crippen molar-refractivity contribution in [1.82, 2.24) is 14.5 Å². The number of aromatic nitrogens is 2. The highest BCUT2D eigenvalue weighted by Crippen LogP contribution is 2.13. The van der Waals surface area contributed by atoms with E-state index in [4.69, 9.17) is 9.84 Å². The molecule has 10 nitrogen and oxygen atoms in total. The van der Waals surface area contributed by atoms with E-state index in [1.807, 2.05) is 0 Å². The second-order valence-electron chi connectivity index (χ2n) is 4.55. The number of aryl methyl sites for hydroxylation is 1. The molecule has 0 saturated carbocycles. The summed E-state index contributed by atoms with van der Waals surface area (Å²) in [5.41, 5.74) is 0. The van der Waals surface area contributed by atoms with Crippen LogP contribution in [0.25, 0.3) is 0 Å². The molecule has 10 heteroatoms. The van der Waals surface area contributed by atoms with Crippen molar-refractivity contribution in [1.29, 1.82) is 0 Å². The largest absolute Gasteiger partial charge is 0.480 e. The van der Waals surface area contributed by atoms with Gasteiger partial charge in [-0.15, -0.1) is 0 Å². The predicted molar refractivity (Wildman–Crippen MR) is 67.6 cm³/mol. The predicted octanol–water partition coefficient (Wildman–Crippen LogP) is -0.588. The summed E-state index contributed by atoms with van der Waals surface area (Å²) in [7, 11) is 0. The molecule has 0 aromatic carbocycles. The number of carboxylic acids is 1. The highest BCUT2D eigenvalue weighted by Gasteiger charge is 2.33. The highest BCUT2D eigenvalue weighted by molar-refractivity contribution is 5.84. The molecule has 1 aliphatic heterocycles. The third kappa shape index (κ3) is 3.16. The number of morpholine rings is 1. The number of carbonyl (C=O) groups is 2. The molecule has 21 heavy (non-hydrogen) atoms. The first-order chi connectivity index (χ1) is 9.90. The van der Waals surface area contributed by atoms with Gasteiger partial charge >= 0.3 is 11.8 Å². The minimum atomic E-state index is -1.14. The minimum Gasteiger partial charge on any atom is -0.480 e. The lowest BCUT2D eigenvalue weighted by atomic mass is 10.2. The number of imidazole rings is 1. The molecule has 1 aliphatic rings. The first kappa shape index (κ1) is 14.9. The van der Waals surface area contributed by atoms with Crippen molar-refractivity contribution in [2.24, 2.45) is 0 Å². The molecule has 1 unspecified atom stereocenters. The van der Waals surface area contributed by atoms with Gasteiger partial charge in [0.1, 0.15) is 12.7 Å². The summed E-state index contributed by atoms with van der Waals surface area (Å²) in [6, 6.07) is -1.04. The second-order valence-corrected chi connectivity index (χ2v) is 4.55. The van der Waals surface area contributed by atoms with Gasteiger partial charge in [0.25, 0.3) is 0 Å². The maximum Gasteiger partial charge on any atom is 0.381 e. The summed E-state index contributed by atoms with van der Waals surface area (Å²) in [4.78, 5) is 38.2. The van der Waals surface area contributed by atoms with Crippen molar-refractivity contribution in [3.8, 4) is 0 Å². The summed E-state index contributed by atoms with van der Waals surface area (Å²) in [6.45, 7) is 1.71. The number of hydrogen-bond acceptors (Lipinski definition) is 6. The molecular weight excluding hydrogens is 284 g/mol. The van der Waals surface area contributed by atoms with Crippen LogP contribution in [-0.4, -0.2) is 62.2 Å². The summed E-state index contributed by atoms with van der Waals surface area (Å²) in [6.07, 6.45) is 1.16. The summed E-state index contributed by atoms with van der Waals surface area (Å²) in [5.74, 6) is -1.62. The van der Waals surface area contributed by atoms with E-state index in [0.29, 0.717) is 5.82 Å². The van der Waals surface area contributed by atoms with Crippen LogP contribution < -0.4 is 0 Å². The molecule has 0 radical (unpaired) electrons. The van der Waals surface area contributed by atoms with Crippen LogP contribution in [-0.2, 0) is 20.9 Å². The highest BCUT2D eigenvalue weighted by atomic mass is 16.6. The molecule has 1 atom stereocenters. The van der Waals surface area contributed by atoms with Gasteiger partial charge in [0, 0.05) is 13.5 Å². The summed E-state index contributed by atoms with van der Waals surface area (Å²) < 4.78 is 6.38. The number of aliphatic carboxylic acids is 1. The Morgan fingerprint density at radius 1 is 1.62 bits per heavy atom. The van der Waals surface area contributed by atoms with Crippen LogP contribution in [0.5, 0.6) is 0 Å². The molecule has 2 heterocycles. The van der Waals surface area contributed by atoms with E-state index in [-0.39, 0.29) is 32.1 Å². The maximum absolute atomic E-state index is 12.2. The molecule has 1 aromatic heterocycles. The zero-order valence-corrected chi connectivity index (χ0v) is 11.3. The Kier molecular flexibility index (Phi) is 4.17. The van der Waals surface area contributed by atoms with E-state index < -0.39 is 22.8 Å². The fourth-order valence-corrected chi connectivity index (χ4v) is 2.08. The van der Waals surface area contributed by atoms with Crippen molar-refractivity contribution in [2.45, 2.75) is 19.5 Å². The number of nitrogens with zero attached hydrogens (tertiary/aromatic N) is 4. The Morgan fingerprint density at radius 2 is 2.33 bits per heavy atom. The average Bonchev–Trinajstić information content (AvgIpc) is 2.80. The monoisotopic (exact) mass is 298 g/mol. The standard InChI is InChI=1S/C11H14N4O6/c1-7-12-9(15(19)20)4-13(7)5-10(16)14-2-3-21-6-8(14)11(17)18/h4,8H,2-3,5-6H2,1H3,(H,17,18). The molecule has 1 amide bonds. The number of hydrogen-bond donors (Lipinski definition) is 1. The van der Waals surface area contributed by atoms with E-state index in [1.165, 1.54) is 16.4 Å². The van der Waals surface area contributed by atoms with Crippen molar-refractivity contribution >= 4 is 17.7 Å². The van der Waals surface area contributed by atoms with Crippen molar-refractivity contribution in [2.75, 3.05) is 19.8 Å². The molecule has 1 aromatic rings. The van der Waals surface area contributed by atoms with Gasteiger partial charge in [0.05, 0.1) is 13.2 Å². The minimum absolute atomic E-state index is 0.0653. The first-order valence-electron chi connectivity index (χ1n) is 6.18. The Bertz CT molecular complexity index is 583. The number of rotatable bonds is 4. The lowest BCUT2D eigenvalue weighted by Gasteiger charge is -2.32. The third-order valence-electron chi connectivity index (χ3n) is 3.19. The topological polar surface area (TPSA) is 128 Å². The molecule has 1 N–H and O–H groups in total. The van der Waals surface area contributed by atoms with E-state index >= 15 is 0 Å². The van der Waals surface area contributed by atoms with Crippen molar-refractivity contribution in [3.05, 3.63) is 22.1 Å². The van der Waals surface area contributed by atoms with Crippen LogP contribution in [0, 0.1) is 17.0 Å². The third-order valence-corrected chi connectivity index (χ3v) is 3.19. The van der Waals surface area contributed by atoms with Crippen LogP contribution in [0.3, 0.4) is 0 Å². The normalized spacial score (nSPS) is 18.5. The van der Waals surface area contributed by atoms with E-state index in [0.717, 1.165) is 6.20 Å². The van der Waals surface area contributed by atoms with Gasteiger partial charge in [-0.1, -0.05) is 0 Å². The fraction of sp³-hybridized carbons (Fsp3) is 0.545. The van der Waals surface area contributed by atoms with Crippen LogP contribution >= 0.6 is 0 Å². The molecule has 0 spiro atoms. The summed E-state index contributed by atoms with van der Waals surface area (Å²) in [5, 5.41) is 19.7. The van der Waals surface area contributed by atoms with Crippen LogP contribution in [0.2, 0.25) is 0 Å². The van der Waals surface area contributed by atoms with Crippen LogP contribution in [0.15, 0.2) is 6.20 Å². The molecule has 0 bridgehead atoms. The van der Waals surface area contributed by atoms with E-state index in [9.17, 15) is 19.7 Å². The second kappa shape index (κ2) is 5.87. The van der Waals surface area contributed by atoms with Gasteiger partial charge < -0.3 is 24.9 Å². The fourth-order valence-electron chi connectivity index (χ4n) is 2.08. The van der Waals surface area contributed by atoms with Crippen LogP contribution in [0.4, 0.5) is 5.82 Å². The zero-order chi connectivity index (χ0) is 15.6.